The van der Waals surface area contributed by atoms with Crippen LogP contribution in [0.3, 0.4) is 0 Å². The Morgan fingerprint density at radius 3 is 2.78 bits per heavy atom. The molecule has 7 heteroatoms. The van der Waals surface area contributed by atoms with E-state index >= 15 is 0 Å². The molecule has 1 N–H and O–H groups in total. The summed E-state index contributed by atoms with van der Waals surface area (Å²) in [6.07, 6.45) is 7.37. The fourth-order valence-electron chi connectivity index (χ4n) is 1.51. The minimum Gasteiger partial charge on any atom is -0.447 e. The van der Waals surface area contributed by atoms with Crippen LogP contribution in [-0.4, -0.2) is 22.9 Å². The predicted molar refractivity (Wildman–Crippen MR) is 67.1 cm³/mol. The Kier molecular flexibility index (Phi) is 3.43. The van der Waals surface area contributed by atoms with Crippen molar-refractivity contribution in [1.29, 1.82) is 0 Å². The van der Waals surface area contributed by atoms with Crippen molar-refractivity contribution in [2.45, 2.75) is 11.4 Å². The molecule has 0 saturated heterocycles. The zero-order chi connectivity index (χ0) is 13.2. The van der Waals surface area contributed by atoms with Crippen molar-refractivity contribution in [3.63, 3.8) is 0 Å². The van der Waals surface area contributed by atoms with Crippen LogP contribution >= 0.6 is 11.6 Å². The highest BCUT2D eigenvalue weighted by Crippen LogP contribution is 2.32. The van der Waals surface area contributed by atoms with Crippen LogP contribution in [-0.2, 0) is 10.1 Å². The van der Waals surface area contributed by atoms with E-state index in [0.717, 1.165) is 0 Å². The minimum absolute atomic E-state index is 0.0186. The third-order valence-electron chi connectivity index (χ3n) is 2.43. The number of rotatable bonds is 3. The summed E-state index contributed by atoms with van der Waals surface area (Å²) in [5.41, 5.74) is 0. The summed E-state index contributed by atoms with van der Waals surface area (Å²) in [5, 5.41) is 0.170. The molecule has 0 fully saturated rings. The summed E-state index contributed by atoms with van der Waals surface area (Å²) in [6.45, 7) is 0. The summed E-state index contributed by atoms with van der Waals surface area (Å²) in [6, 6.07) is 3.11. The zero-order valence-electron chi connectivity index (χ0n) is 9.15. The van der Waals surface area contributed by atoms with Crippen molar-refractivity contribution in [3.05, 3.63) is 47.7 Å². The van der Waals surface area contributed by atoms with Crippen molar-refractivity contribution in [2.75, 3.05) is 0 Å². The Hall–Kier alpha value is -1.37. The van der Waals surface area contributed by atoms with Gasteiger partial charge in [-0.2, -0.15) is 8.42 Å². The third kappa shape index (κ3) is 2.40. The second-order valence-electron chi connectivity index (χ2n) is 3.67. The van der Waals surface area contributed by atoms with Gasteiger partial charge in [-0.05, 0) is 18.2 Å². The molecule has 18 heavy (non-hydrogen) atoms. The highest BCUT2D eigenvalue weighted by Gasteiger charge is 2.43. The molecule has 96 valence electrons. The summed E-state index contributed by atoms with van der Waals surface area (Å²) in [4.78, 5) is 1.97. The van der Waals surface area contributed by atoms with E-state index in [0.29, 0.717) is 0 Å². The van der Waals surface area contributed by atoms with Crippen LogP contribution in [0.4, 0.5) is 0 Å². The van der Waals surface area contributed by atoms with E-state index in [-0.39, 0.29) is 17.3 Å². The van der Waals surface area contributed by atoms with Gasteiger partial charge < -0.3 is 4.74 Å². The van der Waals surface area contributed by atoms with E-state index in [1.54, 1.807) is 18.2 Å². The van der Waals surface area contributed by atoms with E-state index in [4.69, 9.17) is 16.3 Å². The first-order valence-electron chi connectivity index (χ1n) is 5.05. The molecule has 1 aliphatic carbocycles. The molecule has 1 aromatic rings. The first-order valence-corrected chi connectivity index (χ1v) is 6.87. The molecule has 1 aliphatic rings. The van der Waals surface area contributed by atoms with Crippen LogP contribution in [0.5, 0.6) is 5.88 Å². The maximum absolute atomic E-state index is 11.5. The van der Waals surface area contributed by atoms with Crippen LogP contribution in [0.2, 0.25) is 5.02 Å². The lowest BCUT2D eigenvalue weighted by atomic mass is 10.1. The lowest BCUT2D eigenvalue weighted by Crippen LogP contribution is -2.43. The number of hydrogen-bond acceptors (Lipinski definition) is 4. The lowest BCUT2D eigenvalue weighted by molar-refractivity contribution is 0.181. The minimum atomic E-state index is -4.46. The summed E-state index contributed by atoms with van der Waals surface area (Å²) < 4.78 is 37.7. The largest absolute Gasteiger partial charge is 0.447 e. The number of ether oxygens (including phenoxy) is 1. The first kappa shape index (κ1) is 13.1. The molecule has 0 amide bonds. The molecule has 1 unspecified atom stereocenters. The zero-order valence-corrected chi connectivity index (χ0v) is 10.7. The molecule has 0 bridgehead atoms. The number of halogens is 1. The third-order valence-corrected chi connectivity index (χ3v) is 3.98. The molecule has 1 aromatic heterocycles. The molecule has 0 aromatic carbocycles. The van der Waals surface area contributed by atoms with Gasteiger partial charge >= 0.3 is 10.1 Å². The molecule has 0 saturated carbocycles. The second kappa shape index (κ2) is 4.72. The monoisotopic (exact) mass is 287 g/mol. The summed E-state index contributed by atoms with van der Waals surface area (Å²) >= 11 is 5.85. The molecular formula is C11H10ClNO4S. The van der Waals surface area contributed by atoms with Gasteiger partial charge in [0.2, 0.25) is 5.88 Å². The Bertz CT molecular complexity index is 611. The standard InChI is InChI=1S/C11H10ClNO4S/c12-9-5-4-8-13-10(9)17-11(18(14,15)16)6-2-1-3-7-11/h1-6,8H,7H2,(H,14,15,16). The fraction of sp³-hybridized carbons (Fsp3) is 0.182. The van der Waals surface area contributed by atoms with Crippen LogP contribution in [0.15, 0.2) is 42.6 Å². The van der Waals surface area contributed by atoms with Gasteiger partial charge in [0.25, 0.3) is 4.93 Å². The van der Waals surface area contributed by atoms with Gasteiger partial charge in [0.05, 0.1) is 0 Å². The SMILES string of the molecule is O=S(=O)(O)C1(Oc2ncccc2Cl)C=CC=CC1. The molecule has 0 radical (unpaired) electrons. The first-order chi connectivity index (χ1) is 8.45. The number of allylic oxidation sites excluding steroid dienone is 2. The molecule has 0 aliphatic heterocycles. The van der Waals surface area contributed by atoms with Gasteiger partial charge in [0.1, 0.15) is 5.02 Å². The molecular weight excluding hydrogens is 278 g/mol. The molecule has 1 heterocycles. The van der Waals surface area contributed by atoms with Gasteiger partial charge in [-0.1, -0.05) is 29.8 Å². The van der Waals surface area contributed by atoms with Crippen molar-refractivity contribution in [1.82, 2.24) is 4.98 Å². The molecule has 5 nitrogen and oxygen atoms in total. The smallest absolute Gasteiger partial charge is 0.310 e. The van der Waals surface area contributed by atoms with Crippen molar-refractivity contribution >= 4 is 21.7 Å². The van der Waals surface area contributed by atoms with Gasteiger partial charge in [-0.25, -0.2) is 4.98 Å². The fourth-order valence-corrected chi connectivity index (χ4v) is 2.41. The van der Waals surface area contributed by atoms with E-state index in [1.165, 1.54) is 24.4 Å². The van der Waals surface area contributed by atoms with Crippen LogP contribution in [0.25, 0.3) is 0 Å². The average Bonchev–Trinajstić information content (AvgIpc) is 2.32. The topological polar surface area (TPSA) is 76.5 Å². The van der Waals surface area contributed by atoms with E-state index < -0.39 is 15.1 Å². The van der Waals surface area contributed by atoms with Crippen LogP contribution in [0, 0.1) is 0 Å². The highest BCUT2D eigenvalue weighted by atomic mass is 35.5. The van der Waals surface area contributed by atoms with Crippen LogP contribution in [0.1, 0.15) is 6.42 Å². The highest BCUT2D eigenvalue weighted by molar-refractivity contribution is 7.87. The predicted octanol–water partition coefficient (Wildman–Crippen LogP) is 2.21. The average molecular weight is 288 g/mol. The normalized spacial score (nSPS) is 23.0. The maximum Gasteiger partial charge on any atom is 0.310 e. The Morgan fingerprint density at radius 2 is 2.22 bits per heavy atom. The Labute approximate surface area is 110 Å². The van der Waals surface area contributed by atoms with Gasteiger partial charge in [0, 0.05) is 12.6 Å². The van der Waals surface area contributed by atoms with Crippen molar-refractivity contribution < 1.29 is 17.7 Å². The summed E-state index contributed by atoms with van der Waals surface area (Å²) in [7, 11) is -4.46. The van der Waals surface area contributed by atoms with E-state index in [2.05, 4.69) is 4.98 Å². The van der Waals surface area contributed by atoms with Crippen molar-refractivity contribution in [2.24, 2.45) is 0 Å². The Balaban J connectivity index is 2.42. The Morgan fingerprint density at radius 1 is 1.44 bits per heavy atom. The number of pyridine rings is 1. The molecule has 1 atom stereocenters. The number of hydrogen-bond donors (Lipinski definition) is 1. The number of nitrogens with zero attached hydrogens (tertiary/aromatic N) is 1. The maximum atomic E-state index is 11.5. The quantitative estimate of drug-likeness (QED) is 0.863. The summed E-state index contributed by atoms with van der Waals surface area (Å²) in [5.74, 6) is -0.0447. The molecule has 0 spiro atoms. The molecule has 2 rings (SSSR count). The van der Waals surface area contributed by atoms with Gasteiger partial charge in [0.15, 0.2) is 0 Å². The van der Waals surface area contributed by atoms with Crippen molar-refractivity contribution in [3.8, 4) is 5.88 Å². The van der Waals surface area contributed by atoms with E-state index in [1.807, 2.05) is 0 Å². The number of aromatic nitrogens is 1. The van der Waals surface area contributed by atoms with E-state index in [9.17, 15) is 13.0 Å². The van der Waals surface area contributed by atoms with Crippen LogP contribution < -0.4 is 4.74 Å². The van der Waals surface area contributed by atoms with Gasteiger partial charge in [-0.15, -0.1) is 0 Å². The second-order valence-corrected chi connectivity index (χ2v) is 5.72. The lowest BCUT2D eigenvalue weighted by Gasteiger charge is -2.28. The van der Waals surface area contributed by atoms with Gasteiger partial charge in [-0.3, -0.25) is 4.55 Å².